The molecule has 3 heterocycles. The first kappa shape index (κ1) is 16.0. The maximum absolute atomic E-state index is 12.5. The highest BCUT2D eigenvalue weighted by Gasteiger charge is 2.33. The molecule has 7 heteroatoms. The van der Waals surface area contributed by atoms with Gasteiger partial charge in [-0.3, -0.25) is 0 Å². The fourth-order valence-corrected chi connectivity index (χ4v) is 3.59. The highest BCUT2D eigenvalue weighted by Crippen LogP contribution is 2.30. The Balaban J connectivity index is 1.65. The molecule has 0 aliphatic carbocycles. The molecule has 0 aromatic carbocycles. The van der Waals surface area contributed by atoms with Crippen LogP contribution in [-0.2, 0) is 6.54 Å². The van der Waals surface area contributed by atoms with Crippen LogP contribution in [0.4, 0.5) is 4.79 Å². The molecule has 2 amide bonds. The molecule has 0 spiro atoms. The van der Waals surface area contributed by atoms with E-state index < -0.39 is 0 Å². The Labute approximate surface area is 139 Å². The Kier molecular flexibility index (Phi) is 4.66. The minimum Gasteiger partial charge on any atom is -0.339 e. The number of nitrogens with zero attached hydrogens (tertiary/aromatic N) is 3. The molecule has 6 nitrogen and oxygen atoms in total. The third-order valence-electron chi connectivity index (χ3n) is 4.15. The average Bonchev–Trinajstić information content (AvgIpc) is 3.24. The lowest BCUT2D eigenvalue weighted by atomic mass is 10.2. The summed E-state index contributed by atoms with van der Waals surface area (Å²) in [7, 11) is 0. The molecule has 1 saturated heterocycles. The topological polar surface area (TPSA) is 71.3 Å². The van der Waals surface area contributed by atoms with Gasteiger partial charge in [0.05, 0.1) is 6.04 Å². The van der Waals surface area contributed by atoms with Crippen molar-refractivity contribution >= 4 is 17.4 Å². The maximum Gasteiger partial charge on any atom is 0.318 e. The first-order valence-corrected chi connectivity index (χ1v) is 8.90. The Morgan fingerprint density at radius 2 is 2.35 bits per heavy atom. The van der Waals surface area contributed by atoms with E-state index in [4.69, 9.17) is 4.52 Å². The van der Waals surface area contributed by atoms with Crippen molar-refractivity contribution in [2.45, 2.75) is 52.1 Å². The molecule has 2 aromatic rings. The molecule has 1 unspecified atom stereocenters. The lowest BCUT2D eigenvalue weighted by Crippen LogP contribution is -2.39. The van der Waals surface area contributed by atoms with Gasteiger partial charge in [-0.25, -0.2) is 4.79 Å². The van der Waals surface area contributed by atoms with Gasteiger partial charge in [0.15, 0.2) is 5.82 Å². The second kappa shape index (κ2) is 6.70. The first-order chi connectivity index (χ1) is 11.1. The molecular weight excluding hydrogens is 312 g/mol. The van der Waals surface area contributed by atoms with Gasteiger partial charge in [-0.15, -0.1) is 0 Å². The summed E-state index contributed by atoms with van der Waals surface area (Å²) < 4.78 is 5.28. The van der Waals surface area contributed by atoms with Crippen molar-refractivity contribution in [2.75, 3.05) is 6.54 Å². The molecule has 1 aliphatic heterocycles. The van der Waals surface area contributed by atoms with Crippen LogP contribution in [0, 0.1) is 6.92 Å². The second-order valence-electron chi connectivity index (χ2n) is 6.24. The van der Waals surface area contributed by atoms with Crippen LogP contribution in [0.25, 0.3) is 0 Å². The van der Waals surface area contributed by atoms with Crippen LogP contribution in [0.3, 0.4) is 0 Å². The Hall–Kier alpha value is -1.89. The lowest BCUT2D eigenvalue weighted by molar-refractivity contribution is 0.189. The van der Waals surface area contributed by atoms with E-state index in [1.54, 1.807) is 11.3 Å². The molecule has 1 aliphatic rings. The minimum atomic E-state index is -0.0881. The normalized spacial score (nSPS) is 17.9. The van der Waals surface area contributed by atoms with E-state index in [0.717, 1.165) is 19.4 Å². The molecule has 0 saturated carbocycles. The number of nitrogens with one attached hydrogen (secondary N) is 1. The third-order valence-corrected chi connectivity index (χ3v) is 5.06. The van der Waals surface area contributed by atoms with E-state index in [1.165, 1.54) is 11.1 Å². The summed E-state index contributed by atoms with van der Waals surface area (Å²) in [5.41, 5.74) is 2.38. The second-order valence-corrected chi connectivity index (χ2v) is 6.98. The van der Waals surface area contributed by atoms with E-state index in [2.05, 4.69) is 33.1 Å². The molecule has 0 radical (unpaired) electrons. The number of likely N-dealkylation sites (tertiary alicyclic amines) is 1. The van der Waals surface area contributed by atoms with Gasteiger partial charge < -0.3 is 14.7 Å². The van der Waals surface area contributed by atoms with Gasteiger partial charge in [0.1, 0.15) is 0 Å². The zero-order valence-corrected chi connectivity index (χ0v) is 14.5. The van der Waals surface area contributed by atoms with Gasteiger partial charge in [-0.1, -0.05) is 19.0 Å². The molecule has 23 heavy (non-hydrogen) atoms. The number of carbonyl (C=O) groups is 1. The Morgan fingerprint density at radius 3 is 3.00 bits per heavy atom. The number of aryl methyl sites for hydroxylation is 1. The van der Waals surface area contributed by atoms with Gasteiger partial charge in [0.2, 0.25) is 5.89 Å². The molecule has 1 atom stereocenters. The van der Waals surface area contributed by atoms with Crippen molar-refractivity contribution < 1.29 is 9.32 Å². The Bertz CT molecular complexity index is 679. The van der Waals surface area contributed by atoms with Crippen molar-refractivity contribution in [1.29, 1.82) is 0 Å². The summed E-state index contributed by atoms with van der Waals surface area (Å²) in [5.74, 6) is 1.44. The molecule has 1 N–H and O–H groups in total. The van der Waals surface area contributed by atoms with Crippen molar-refractivity contribution in [2.24, 2.45) is 0 Å². The molecule has 124 valence electrons. The number of rotatable bonds is 4. The number of carbonyl (C=O) groups excluding carboxylic acids is 1. The first-order valence-electron chi connectivity index (χ1n) is 7.96. The Morgan fingerprint density at radius 1 is 1.52 bits per heavy atom. The van der Waals surface area contributed by atoms with E-state index >= 15 is 0 Å². The zero-order chi connectivity index (χ0) is 16.4. The van der Waals surface area contributed by atoms with Crippen LogP contribution in [0.1, 0.15) is 61.5 Å². The van der Waals surface area contributed by atoms with Gasteiger partial charge >= 0.3 is 6.03 Å². The monoisotopic (exact) mass is 334 g/mol. The summed E-state index contributed by atoms with van der Waals surface area (Å²) in [6.07, 6.45) is 1.84. The lowest BCUT2D eigenvalue weighted by Gasteiger charge is -2.22. The van der Waals surface area contributed by atoms with Crippen LogP contribution >= 0.6 is 11.3 Å². The van der Waals surface area contributed by atoms with Crippen molar-refractivity contribution in [3.8, 4) is 0 Å². The number of aromatic nitrogens is 2. The standard InChI is InChI=1S/C16H22N4O2S/c1-10(2)15-18-14(19-22-15)13-5-4-6-20(13)16(21)17-7-12-9-23-8-11(12)3/h8-10,13H,4-7H2,1-3H3,(H,17,21). The smallest absolute Gasteiger partial charge is 0.318 e. The van der Waals surface area contributed by atoms with Crippen LogP contribution in [0.15, 0.2) is 15.3 Å². The third kappa shape index (κ3) is 3.39. The zero-order valence-electron chi connectivity index (χ0n) is 13.7. The number of thiophene rings is 1. The van der Waals surface area contributed by atoms with E-state index in [-0.39, 0.29) is 18.0 Å². The molecule has 1 fully saturated rings. The van der Waals surface area contributed by atoms with Gasteiger partial charge in [-0.05, 0) is 41.7 Å². The summed E-state index contributed by atoms with van der Waals surface area (Å²) >= 11 is 1.66. The van der Waals surface area contributed by atoms with E-state index in [0.29, 0.717) is 18.3 Å². The van der Waals surface area contributed by atoms with Crippen molar-refractivity contribution in [3.63, 3.8) is 0 Å². The maximum atomic E-state index is 12.5. The minimum absolute atomic E-state index is 0.0611. The molecular formula is C16H22N4O2S. The highest BCUT2D eigenvalue weighted by atomic mass is 32.1. The average molecular weight is 334 g/mol. The number of urea groups is 1. The molecule has 3 rings (SSSR count). The fourth-order valence-electron chi connectivity index (χ4n) is 2.74. The molecule has 2 aromatic heterocycles. The highest BCUT2D eigenvalue weighted by molar-refractivity contribution is 7.08. The van der Waals surface area contributed by atoms with Gasteiger partial charge in [-0.2, -0.15) is 16.3 Å². The number of hydrogen-bond acceptors (Lipinski definition) is 5. The van der Waals surface area contributed by atoms with E-state index in [9.17, 15) is 4.79 Å². The molecule has 0 bridgehead atoms. The van der Waals surface area contributed by atoms with Crippen LogP contribution in [0.5, 0.6) is 0 Å². The fraction of sp³-hybridized carbons (Fsp3) is 0.562. The van der Waals surface area contributed by atoms with Gasteiger partial charge in [0, 0.05) is 19.0 Å². The van der Waals surface area contributed by atoms with Crippen molar-refractivity contribution in [1.82, 2.24) is 20.4 Å². The number of amides is 2. The summed E-state index contributed by atoms with van der Waals surface area (Å²) in [6, 6.07) is -0.149. The van der Waals surface area contributed by atoms with Gasteiger partial charge in [0.25, 0.3) is 0 Å². The quantitative estimate of drug-likeness (QED) is 0.927. The van der Waals surface area contributed by atoms with Crippen molar-refractivity contribution in [3.05, 3.63) is 33.6 Å². The predicted octanol–water partition coefficient (Wildman–Crippen LogP) is 3.61. The van der Waals surface area contributed by atoms with E-state index in [1.807, 2.05) is 18.7 Å². The number of hydrogen-bond donors (Lipinski definition) is 1. The van der Waals surface area contributed by atoms with Crippen LogP contribution < -0.4 is 5.32 Å². The largest absolute Gasteiger partial charge is 0.339 e. The summed E-state index contributed by atoms with van der Waals surface area (Å²) in [5, 5.41) is 11.2. The predicted molar refractivity (Wildman–Crippen MR) is 88.4 cm³/mol. The SMILES string of the molecule is Cc1cscc1CNC(=O)N1CCCC1c1noc(C(C)C)n1. The van der Waals surface area contributed by atoms with Crippen LogP contribution in [-0.4, -0.2) is 27.6 Å². The summed E-state index contributed by atoms with van der Waals surface area (Å²) in [4.78, 5) is 18.8. The van der Waals surface area contributed by atoms with Crippen LogP contribution in [0.2, 0.25) is 0 Å². The summed E-state index contributed by atoms with van der Waals surface area (Å²) in [6.45, 7) is 7.37.